The number of hydrogen-bond acceptors (Lipinski definition) is 5. The summed E-state index contributed by atoms with van der Waals surface area (Å²) in [6.07, 6.45) is 3.47. The van der Waals surface area contributed by atoms with E-state index in [1.165, 1.54) is 0 Å². The molecule has 8 heteroatoms. The average Bonchev–Trinajstić information content (AvgIpc) is 2.89. The summed E-state index contributed by atoms with van der Waals surface area (Å²) in [4.78, 5) is 30.0. The number of morpholine rings is 1. The number of nitrogens with zero attached hydrogens (tertiary/aromatic N) is 2. The zero-order chi connectivity index (χ0) is 25.4. The van der Waals surface area contributed by atoms with E-state index in [0.29, 0.717) is 43.5 Å². The maximum Gasteiger partial charge on any atom is 0.225 e. The molecule has 0 radical (unpaired) electrons. The summed E-state index contributed by atoms with van der Waals surface area (Å²) >= 11 is 6.01. The lowest BCUT2D eigenvalue weighted by Gasteiger charge is -2.43. The largest absolute Gasteiger partial charge is 0.490 e. The van der Waals surface area contributed by atoms with Gasteiger partial charge in [-0.1, -0.05) is 41.9 Å². The van der Waals surface area contributed by atoms with Gasteiger partial charge >= 0.3 is 0 Å². The molecule has 2 saturated heterocycles. The van der Waals surface area contributed by atoms with Crippen LogP contribution in [0.15, 0.2) is 54.6 Å². The Labute approximate surface area is 218 Å². The number of amides is 2. The Morgan fingerprint density at radius 2 is 1.89 bits per heavy atom. The van der Waals surface area contributed by atoms with Gasteiger partial charge in [-0.05, 0) is 49.1 Å². The fourth-order valence-electron chi connectivity index (χ4n) is 4.70. The van der Waals surface area contributed by atoms with Gasteiger partial charge in [-0.2, -0.15) is 0 Å². The number of benzene rings is 2. The molecule has 36 heavy (non-hydrogen) atoms. The van der Waals surface area contributed by atoms with Crippen molar-refractivity contribution in [2.75, 3.05) is 40.0 Å². The number of rotatable bonds is 9. The first kappa shape index (κ1) is 26.5. The van der Waals surface area contributed by atoms with E-state index in [1.807, 2.05) is 30.3 Å². The van der Waals surface area contributed by atoms with E-state index in [4.69, 9.17) is 25.8 Å². The Hall–Kier alpha value is -2.61. The molecule has 0 aromatic heterocycles. The minimum atomic E-state index is -0.955. The van der Waals surface area contributed by atoms with Crippen LogP contribution in [0, 0.1) is 0 Å². The molecule has 2 aromatic rings. The zero-order valence-electron chi connectivity index (χ0n) is 20.9. The molecule has 0 unspecified atom stereocenters. The molecule has 0 spiro atoms. The van der Waals surface area contributed by atoms with Crippen molar-refractivity contribution in [2.24, 2.45) is 0 Å². The third-order valence-corrected chi connectivity index (χ3v) is 7.01. The SMILES string of the molecule is CN(Cc1ccccc1)C(=O)C[C@]1(COc2ccc(Cl)cc2)CN(C(=O)C[C@H]2CCCCO2)CCO1. The fourth-order valence-corrected chi connectivity index (χ4v) is 4.82. The molecule has 0 bridgehead atoms. The third-order valence-electron chi connectivity index (χ3n) is 6.75. The van der Waals surface area contributed by atoms with E-state index in [9.17, 15) is 9.59 Å². The fraction of sp³-hybridized carbons (Fsp3) is 0.500. The molecule has 2 heterocycles. The van der Waals surface area contributed by atoms with Crippen LogP contribution in [0.3, 0.4) is 0 Å². The Balaban J connectivity index is 1.45. The van der Waals surface area contributed by atoms with Crippen molar-refractivity contribution in [1.82, 2.24) is 9.80 Å². The molecule has 2 aliphatic rings. The molecule has 2 aliphatic heterocycles. The molecule has 2 aromatic carbocycles. The van der Waals surface area contributed by atoms with Crippen LogP contribution < -0.4 is 4.74 Å². The highest BCUT2D eigenvalue weighted by Crippen LogP contribution is 2.27. The summed E-state index contributed by atoms with van der Waals surface area (Å²) < 4.78 is 18.1. The maximum absolute atomic E-state index is 13.3. The van der Waals surface area contributed by atoms with Gasteiger partial charge < -0.3 is 24.0 Å². The van der Waals surface area contributed by atoms with Crippen LogP contribution in [0.4, 0.5) is 0 Å². The maximum atomic E-state index is 13.3. The van der Waals surface area contributed by atoms with Crippen molar-refractivity contribution in [2.45, 2.75) is 50.4 Å². The second-order valence-corrected chi connectivity index (χ2v) is 10.1. The molecule has 4 rings (SSSR count). The quantitative estimate of drug-likeness (QED) is 0.498. The van der Waals surface area contributed by atoms with Crippen LogP contribution in [0.2, 0.25) is 5.02 Å². The molecule has 2 amide bonds. The summed E-state index contributed by atoms with van der Waals surface area (Å²) in [5, 5.41) is 0.616. The average molecular weight is 515 g/mol. The van der Waals surface area contributed by atoms with Gasteiger partial charge in [0.15, 0.2) is 0 Å². The Morgan fingerprint density at radius 3 is 2.61 bits per heavy atom. The second kappa shape index (κ2) is 12.6. The summed E-state index contributed by atoms with van der Waals surface area (Å²) in [5.41, 5.74) is 0.0943. The van der Waals surface area contributed by atoms with Crippen LogP contribution in [0.5, 0.6) is 5.75 Å². The van der Waals surface area contributed by atoms with E-state index in [0.717, 1.165) is 24.8 Å². The molecule has 0 aliphatic carbocycles. The monoisotopic (exact) mass is 514 g/mol. The first-order valence-electron chi connectivity index (χ1n) is 12.6. The van der Waals surface area contributed by atoms with Crippen LogP contribution in [0.1, 0.15) is 37.7 Å². The normalized spacial score (nSPS) is 22.2. The van der Waals surface area contributed by atoms with Crippen molar-refractivity contribution >= 4 is 23.4 Å². The first-order valence-corrected chi connectivity index (χ1v) is 13.0. The number of halogens is 1. The Bertz CT molecular complexity index is 997. The molecule has 194 valence electrons. The van der Waals surface area contributed by atoms with Gasteiger partial charge in [-0.3, -0.25) is 9.59 Å². The predicted octanol–water partition coefficient (Wildman–Crippen LogP) is 4.32. The van der Waals surface area contributed by atoms with E-state index in [2.05, 4.69) is 0 Å². The summed E-state index contributed by atoms with van der Waals surface area (Å²) in [7, 11) is 1.79. The highest BCUT2D eigenvalue weighted by molar-refractivity contribution is 6.30. The molecule has 7 nitrogen and oxygen atoms in total. The Kier molecular flexibility index (Phi) is 9.24. The predicted molar refractivity (Wildman–Crippen MR) is 138 cm³/mol. The molecule has 2 atom stereocenters. The van der Waals surface area contributed by atoms with E-state index in [1.54, 1.807) is 41.1 Å². The highest BCUT2D eigenvalue weighted by atomic mass is 35.5. The van der Waals surface area contributed by atoms with Crippen molar-refractivity contribution in [3.63, 3.8) is 0 Å². The topological polar surface area (TPSA) is 68.3 Å². The number of carbonyl (C=O) groups is 2. The van der Waals surface area contributed by atoms with Gasteiger partial charge in [-0.15, -0.1) is 0 Å². The third kappa shape index (κ3) is 7.45. The highest BCUT2D eigenvalue weighted by Gasteiger charge is 2.42. The van der Waals surface area contributed by atoms with Crippen molar-refractivity contribution in [1.29, 1.82) is 0 Å². The zero-order valence-corrected chi connectivity index (χ0v) is 21.6. The van der Waals surface area contributed by atoms with Crippen molar-refractivity contribution in [3.05, 3.63) is 65.2 Å². The summed E-state index contributed by atoms with van der Waals surface area (Å²) in [6, 6.07) is 16.9. The summed E-state index contributed by atoms with van der Waals surface area (Å²) in [5.74, 6) is 0.598. The van der Waals surface area contributed by atoms with Crippen LogP contribution in [-0.2, 0) is 25.6 Å². The lowest BCUT2D eigenvalue weighted by Crippen LogP contribution is -2.58. The standard InChI is InChI=1S/C28H35ClN2O5/c1-30(19-22-7-3-2-4-8-22)27(33)18-28(21-35-24-12-10-23(29)11-13-24)20-31(14-16-36-28)26(32)17-25-9-5-6-15-34-25/h2-4,7-8,10-13,25H,5-6,9,14-21H2,1H3/t25-,28-/m1/s1. The summed E-state index contributed by atoms with van der Waals surface area (Å²) in [6.45, 7) is 2.47. The van der Waals surface area contributed by atoms with Crippen molar-refractivity contribution < 1.29 is 23.8 Å². The molecule has 2 fully saturated rings. The van der Waals surface area contributed by atoms with Crippen LogP contribution in [0.25, 0.3) is 0 Å². The van der Waals surface area contributed by atoms with Crippen LogP contribution >= 0.6 is 11.6 Å². The molecular formula is C28H35ClN2O5. The number of ether oxygens (including phenoxy) is 3. The molecule has 0 saturated carbocycles. The lowest BCUT2D eigenvalue weighted by atomic mass is 9.96. The number of carbonyl (C=O) groups excluding carboxylic acids is 2. The van der Waals surface area contributed by atoms with Gasteiger partial charge in [0, 0.05) is 31.8 Å². The molecular weight excluding hydrogens is 480 g/mol. The van der Waals surface area contributed by atoms with Crippen LogP contribution in [-0.4, -0.2) is 73.3 Å². The van der Waals surface area contributed by atoms with E-state index < -0.39 is 5.60 Å². The van der Waals surface area contributed by atoms with Gasteiger partial charge in [0.25, 0.3) is 0 Å². The van der Waals surface area contributed by atoms with Crippen molar-refractivity contribution in [3.8, 4) is 5.75 Å². The minimum Gasteiger partial charge on any atom is -0.490 e. The van der Waals surface area contributed by atoms with Gasteiger partial charge in [0.2, 0.25) is 11.8 Å². The van der Waals surface area contributed by atoms with Gasteiger partial charge in [-0.25, -0.2) is 0 Å². The van der Waals surface area contributed by atoms with E-state index in [-0.39, 0.29) is 37.5 Å². The smallest absolute Gasteiger partial charge is 0.225 e. The Morgan fingerprint density at radius 1 is 1.11 bits per heavy atom. The number of hydrogen-bond donors (Lipinski definition) is 0. The van der Waals surface area contributed by atoms with Gasteiger partial charge in [0.05, 0.1) is 32.1 Å². The molecule has 0 N–H and O–H groups in total. The first-order chi connectivity index (χ1) is 17.4. The second-order valence-electron chi connectivity index (χ2n) is 9.69. The lowest BCUT2D eigenvalue weighted by molar-refractivity contribution is -0.167. The minimum absolute atomic E-state index is 0.0335. The van der Waals surface area contributed by atoms with E-state index >= 15 is 0 Å². The van der Waals surface area contributed by atoms with Gasteiger partial charge in [0.1, 0.15) is 18.0 Å².